The van der Waals surface area contributed by atoms with Gasteiger partial charge in [-0.15, -0.1) is 0 Å². The molecule has 3 heteroatoms. The van der Waals surface area contributed by atoms with Crippen LogP contribution in [0.25, 0.3) is 0 Å². The number of rotatable bonds is 3. The second kappa shape index (κ2) is 6.80. The van der Waals surface area contributed by atoms with E-state index in [2.05, 4.69) is 52.0 Å². The van der Waals surface area contributed by atoms with Gasteiger partial charge in [0.25, 0.3) is 0 Å². The Morgan fingerprint density at radius 2 is 1.95 bits per heavy atom. The summed E-state index contributed by atoms with van der Waals surface area (Å²) in [6.45, 7) is 3.37. The molecule has 2 unspecified atom stereocenters. The van der Waals surface area contributed by atoms with Crippen LogP contribution in [-0.4, -0.2) is 23.5 Å². The molecule has 1 aromatic rings. The van der Waals surface area contributed by atoms with E-state index in [4.69, 9.17) is 5.73 Å². The minimum Gasteiger partial charge on any atom is -0.326 e. The highest BCUT2D eigenvalue weighted by atomic mass is 79.9. The molecule has 3 rings (SSSR count). The average Bonchev–Trinajstić information content (AvgIpc) is 2.47. The van der Waals surface area contributed by atoms with E-state index in [0.717, 1.165) is 16.4 Å². The van der Waals surface area contributed by atoms with Crippen molar-refractivity contribution in [1.29, 1.82) is 0 Å². The van der Waals surface area contributed by atoms with Gasteiger partial charge < -0.3 is 5.73 Å². The second-order valence-electron chi connectivity index (χ2n) is 6.85. The fourth-order valence-electron chi connectivity index (χ4n) is 4.50. The third-order valence-corrected chi connectivity index (χ3v) is 5.82. The summed E-state index contributed by atoms with van der Waals surface area (Å²) in [6.07, 6.45) is 8.35. The molecule has 2 fully saturated rings. The lowest BCUT2D eigenvalue weighted by Gasteiger charge is -2.49. The van der Waals surface area contributed by atoms with Gasteiger partial charge in [0.05, 0.1) is 0 Å². The number of likely N-dealkylation sites (tertiary alicyclic amines) is 1. The van der Waals surface area contributed by atoms with Crippen LogP contribution in [0.5, 0.6) is 0 Å². The van der Waals surface area contributed by atoms with E-state index in [-0.39, 0.29) is 6.04 Å². The molecule has 1 heterocycles. The molecule has 0 spiro atoms. The summed E-state index contributed by atoms with van der Waals surface area (Å²) in [5.74, 6) is 0.904. The largest absolute Gasteiger partial charge is 0.326 e. The van der Waals surface area contributed by atoms with Crippen LogP contribution >= 0.6 is 15.9 Å². The van der Waals surface area contributed by atoms with Gasteiger partial charge in [-0.25, -0.2) is 0 Å². The van der Waals surface area contributed by atoms with E-state index in [0.29, 0.717) is 6.04 Å². The van der Waals surface area contributed by atoms with Gasteiger partial charge in [-0.2, -0.15) is 0 Å². The number of benzene rings is 1. The van der Waals surface area contributed by atoms with Crippen LogP contribution in [-0.2, 0) is 0 Å². The predicted molar refractivity (Wildman–Crippen MR) is 92.2 cm³/mol. The summed E-state index contributed by atoms with van der Waals surface area (Å²) in [4.78, 5) is 2.74. The summed E-state index contributed by atoms with van der Waals surface area (Å²) in [7, 11) is 0. The fraction of sp³-hybridized carbons (Fsp3) is 0.667. The summed E-state index contributed by atoms with van der Waals surface area (Å²) < 4.78 is 1.16. The normalized spacial score (nSPS) is 29.7. The molecule has 1 saturated heterocycles. The molecule has 0 radical (unpaired) electrons. The van der Waals surface area contributed by atoms with Crippen molar-refractivity contribution in [2.24, 2.45) is 11.7 Å². The van der Waals surface area contributed by atoms with E-state index in [1.807, 2.05) is 0 Å². The number of halogens is 1. The first kappa shape index (κ1) is 15.5. The zero-order valence-corrected chi connectivity index (χ0v) is 14.6. The molecule has 116 valence electrons. The molecular weight excluding hydrogens is 324 g/mol. The van der Waals surface area contributed by atoms with Crippen LogP contribution < -0.4 is 5.73 Å². The van der Waals surface area contributed by atoms with Crippen LogP contribution in [0.15, 0.2) is 28.7 Å². The van der Waals surface area contributed by atoms with Crippen LogP contribution in [0.2, 0.25) is 0 Å². The topological polar surface area (TPSA) is 29.3 Å². The fourth-order valence-corrected chi connectivity index (χ4v) is 4.91. The third-order valence-electron chi connectivity index (χ3n) is 5.33. The Kier molecular flexibility index (Phi) is 5.03. The van der Waals surface area contributed by atoms with Crippen molar-refractivity contribution in [2.45, 2.75) is 63.6 Å². The van der Waals surface area contributed by atoms with Crippen LogP contribution in [0.3, 0.4) is 0 Å². The van der Waals surface area contributed by atoms with Gasteiger partial charge >= 0.3 is 0 Å². The van der Waals surface area contributed by atoms with E-state index in [1.54, 1.807) is 0 Å². The molecule has 1 aliphatic heterocycles. The van der Waals surface area contributed by atoms with Gasteiger partial charge in [0.15, 0.2) is 0 Å². The van der Waals surface area contributed by atoms with Crippen molar-refractivity contribution >= 4 is 15.9 Å². The Bertz CT molecular complexity index is 472. The number of fused-ring (bicyclic) bond motifs is 1. The number of piperidine rings is 1. The standard InChI is InChI=1S/C18H27BrN2/c1-13(20)18(15-7-4-9-16(19)12-15)21-11-5-8-14-6-2-3-10-17(14)21/h4,7,9,12-14,17-18H,2-3,5-6,8,10-11,20H2,1H3/t13?,14-,17-,18?/m1/s1. The molecule has 2 aliphatic rings. The predicted octanol–water partition coefficient (Wildman–Crippen LogP) is 4.49. The maximum absolute atomic E-state index is 6.41. The van der Waals surface area contributed by atoms with Gasteiger partial charge in [0, 0.05) is 22.6 Å². The van der Waals surface area contributed by atoms with Crippen molar-refractivity contribution in [3.05, 3.63) is 34.3 Å². The van der Waals surface area contributed by atoms with Gasteiger partial charge in [0.2, 0.25) is 0 Å². The zero-order valence-electron chi connectivity index (χ0n) is 13.0. The average molecular weight is 351 g/mol. The molecule has 1 aliphatic carbocycles. The lowest BCUT2D eigenvalue weighted by atomic mass is 9.77. The highest BCUT2D eigenvalue weighted by Gasteiger charge is 2.38. The Hall–Kier alpha value is -0.380. The number of hydrogen-bond donors (Lipinski definition) is 1. The second-order valence-corrected chi connectivity index (χ2v) is 7.77. The van der Waals surface area contributed by atoms with Crippen LogP contribution in [0.1, 0.15) is 57.1 Å². The van der Waals surface area contributed by atoms with Crippen molar-refractivity contribution < 1.29 is 0 Å². The number of hydrogen-bond acceptors (Lipinski definition) is 2. The maximum atomic E-state index is 6.41. The lowest BCUT2D eigenvalue weighted by molar-refractivity contribution is 0.0178. The Labute approximate surface area is 137 Å². The van der Waals surface area contributed by atoms with Crippen molar-refractivity contribution in [1.82, 2.24) is 4.90 Å². The first-order valence-electron chi connectivity index (χ1n) is 8.43. The smallest absolute Gasteiger partial charge is 0.0499 e. The van der Waals surface area contributed by atoms with E-state index >= 15 is 0 Å². The molecule has 2 nitrogen and oxygen atoms in total. The zero-order chi connectivity index (χ0) is 14.8. The van der Waals surface area contributed by atoms with E-state index in [1.165, 1.54) is 50.6 Å². The summed E-state index contributed by atoms with van der Waals surface area (Å²) in [6, 6.07) is 10.0. The quantitative estimate of drug-likeness (QED) is 0.869. The lowest BCUT2D eigenvalue weighted by Crippen LogP contribution is -2.52. The Morgan fingerprint density at radius 1 is 1.19 bits per heavy atom. The monoisotopic (exact) mass is 350 g/mol. The number of nitrogens with two attached hydrogens (primary N) is 1. The first-order chi connectivity index (χ1) is 10.2. The summed E-state index contributed by atoms with van der Waals surface area (Å²) in [5.41, 5.74) is 7.78. The Balaban J connectivity index is 1.89. The first-order valence-corrected chi connectivity index (χ1v) is 9.23. The van der Waals surface area contributed by atoms with Gasteiger partial charge in [0.1, 0.15) is 0 Å². The molecule has 0 bridgehead atoms. The van der Waals surface area contributed by atoms with Crippen molar-refractivity contribution in [2.75, 3.05) is 6.54 Å². The summed E-state index contributed by atoms with van der Waals surface area (Å²) in [5, 5.41) is 0. The number of nitrogens with zero attached hydrogens (tertiary/aromatic N) is 1. The minimum absolute atomic E-state index is 0.167. The summed E-state index contributed by atoms with van der Waals surface area (Å²) >= 11 is 3.61. The van der Waals surface area contributed by atoms with Crippen molar-refractivity contribution in [3.63, 3.8) is 0 Å². The molecule has 0 aromatic heterocycles. The Morgan fingerprint density at radius 3 is 2.71 bits per heavy atom. The molecule has 1 saturated carbocycles. The van der Waals surface area contributed by atoms with Crippen LogP contribution in [0.4, 0.5) is 0 Å². The molecule has 2 N–H and O–H groups in total. The van der Waals surface area contributed by atoms with Gasteiger partial charge in [-0.3, -0.25) is 4.90 Å². The molecule has 4 atom stereocenters. The SMILES string of the molecule is CC(N)C(c1cccc(Br)c1)N1CCC[C@H]2CCCC[C@H]21. The molecular formula is C18H27BrN2. The van der Waals surface area contributed by atoms with E-state index in [9.17, 15) is 0 Å². The molecule has 1 aromatic carbocycles. The molecule has 21 heavy (non-hydrogen) atoms. The maximum Gasteiger partial charge on any atom is 0.0499 e. The van der Waals surface area contributed by atoms with E-state index < -0.39 is 0 Å². The van der Waals surface area contributed by atoms with Crippen molar-refractivity contribution in [3.8, 4) is 0 Å². The highest BCUT2D eigenvalue weighted by molar-refractivity contribution is 9.10. The van der Waals surface area contributed by atoms with Gasteiger partial charge in [-0.1, -0.05) is 40.9 Å². The highest BCUT2D eigenvalue weighted by Crippen LogP contribution is 2.40. The minimum atomic E-state index is 0.167. The van der Waals surface area contributed by atoms with Crippen LogP contribution in [0, 0.1) is 5.92 Å². The van der Waals surface area contributed by atoms with Gasteiger partial charge in [-0.05, 0) is 62.8 Å². The third kappa shape index (κ3) is 3.35. The molecule has 0 amide bonds.